The van der Waals surface area contributed by atoms with E-state index in [9.17, 15) is 9.90 Å². The molecule has 0 saturated carbocycles. The monoisotopic (exact) mass is 276 g/mol. The molecule has 0 unspecified atom stereocenters. The minimum Gasteiger partial charge on any atom is -0.478 e. The number of pyridine rings is 1. The lowest BCUT2D eigenvalue weighted by molar-refractivity contribution is 0.0695. The maximum Gasteiger partial charge on any atom is 0.337 e. The Kier molecular flexibility index (Phi) is 3.72. The molecule has 3 heterocycles. The van der Waals surface area contributed by atoms with Crippen LogP contribution in [0.4, 0.5) is 0 Å². The standard InChI is InChI=1S/C15H20N2O3/c1-10-13(15(18)19)8-11-2-5-17(6-3-14(11)16-10)12-4-7-20-9-12/h8,12H,2-7,9H2,1H3,(H,18,19)/t12-/m0/s1. The fourth-order valence-corrected chi connectivity index (χ4v) is 3.15. The quantitative estimate of drug-likeness (QED) is 0.881. The molecule has 0 aliphatic carbocycles. The van der Waals surface area contributed by atoms with Crippen LogP contribution < -0.4 is 0 Å². The predicted molar refractivity (Wildman–Crippen MR) is 74.1 cm³/mol. The smallest absolute Gasteiger partial charge is 0.337 e. The third kappa shape index (κ3) is 2.55. The number of hydrogen-bond donors (Lipinski definition) is 1. The van der Waals surface area contributed by atoms with Crippen LogP contribution in [0, 0.1) is 6.92 Å². The topological polar surface area (TPSA) is 62.7 Å². The van der Waals surface area contributed by atoms with Crippen molar-refractivity contribution >= 4 is 5.97 Å². The third-order valence-electron chi connectivity index (χ3n) is 4.34. The van der Waals surface area contributed by atoms with E-state index in [2.05, 4.69) is 9.88 Å². The number of aromatic nitrogens is 1. The van der Waals surface area contributed by atoms with E-state index in [0.717, 1.165) is 56.8 Å². The van der Waals surface area contributed by atoms with Crippen molar-refractivity contribution in [2.24, 2.45) is 0 Å². The summed E-state index contributed by atoms with van der Waals surface area (Å²) < 4.78 is 5.46. The fourth-order valence-electron chi connectivity index (χ4n) is 3.15. The zero-order valence-corrected chi connectivity index (χ0v) is 11.8. The number of hydrogen-bond acceptors (Lipinski definition) is 4. The van der Waals surface area contributed by atoms with Crippen molar-refractivity contribution in [2.75, 3.05) is 26.3 Å². The second kappa shape index (κ2) is 5.50. The summed E-state index contributed by atoms with van der Waals surface area (Å²) in [6, 6.07) is 2.33. The summed E-state index contributed by atoms with van der Waals surface area (Å²) in [5, 5.41) is 9.20. The van der Waals surface area contributed by atoms with Crippen LogP contribution in [0.2, 0.25) is 0 Å². The minimum absolute atomic E-state index is 0.335. The van der Waals surface area contributed by atoms with Gasteiger partial charge in [0, 0.05) is 37.9 Å². The second-order valence-corrected chi connectivity index (χ2v) is 5.59. The van der Waals surface area contributed by atoms with Gasteiger partial charge in [-0.05, 0) is 31.4 Å². The third-order valence-corrected chi connectivity index (χ3v) is 4.34. The van der Waals surface area contributed by atoms with Crippen LogP contribution in [0.1, 0.15) is 33.7 Å². The van der Waals surface area contributed by atoms with Gasteiger partial charge >= 0.3 is 5.97 Å². The normalized spacial score (nSPS) is 23.4. The van der Waals surface area contributed by atoms with Crippen molar-refractivity contribution in [3.63, 3.8) is 0 Å². The van der Waals surface area contributed by atoms with Gasteiger partial charge in [-0.3, -0.25) is 9.88 Å². The molecular weight excluding hydrogens is 256 g/mol. The van der Waals surface area contributed by atoms with E-state index in [1.165, 1.54) is 0 Å². The molecule has 0 aromatic carbocycles. The fraction of sp³-hybridized carbons (Fsp3) is 0.600. The summed E-state index contributed by atoms with van der Waals surface area (Å²) >= 11 is 0. The number of carboxylic acid groups (broad SMARTS) is 1. The van der Waals surface area contributed by atoms with Crippen LogP contribution in [0.25, 0.3) is 0 Å². The van der Waals surface area contributed by atoms with Crippen LogP contribution >= 0.6 is 0 Å². The maximum atomic E-state index is 11.2. The average Bonchev–Trinajstić information content (AvgIpc) is 2.86. The number of fused-ring (bicyclic) bond motifs is 1. The molecule has 1 fully saturated rings. The van der Waals surface area contributed by atoms with E-state index >= 15 is 0 Å². The Morgan fingerprint density at radius 2 is 2.25 bits per heavy atom. The Morgan fingerprint density at radius 1 is 1.45 bits per heavy atom. The first-order valence-corrected chi connectivity index (χ1v) is 7.19. The van der Waals surface area contributed by atoms with E-state index in [4.69, 9.17) is 4.74 Å². The van der Waals surface area contributed by atoms with Crippen LogP contribution in [0.15, 0.2) is 6.07 Å². The van der Waals surface area contributed by atoms with Crippen molar-refractivity contribution in [3.05, 3.63) is 28.6 Å². The molecule has 0 amide bonds. The summed E-state index contributed by atoms with van der Waals surface area (Å²) in [5.41, 5.74) is 3.11. The molecule has 2 aliphatic heterocycles. The molecule has 2 aliphatic rings. The number of ether oxygens (including phenoxy) is 1. The highest BCUT2D eigenvalue weighted by Gasteiger charge is 2.26. The number of rotatable bonds is 2. The largest absolute Gasteiger partial charge is 0.478 e. The summed E-state index contributed by atoms with van der Waals surface area (Å²) in [6.07, 6.45) is 2.87. The molecule has 1 N–H and O–H groups in total. The van der Waals surface area contributed by atoms with Gasteiger partial charge in [0.05, 0.1) is 17.9 Å². The van der Waals surface area contributed by atoms with Crippen LogP contribution in [0.5, 0.6) is 0 Å². The van der Waals surface area contributed by atoms with Crippen LogP contribution in [0.3, 0.4) is 0 Å². The molecular formula is C15H20N2O3. The zero-order valence-electron chi connectivity index (χ0n) is 11.8. The van der Waals surface area contributed by atoms with Gasteiger partial charge in [0.25, 0.3) is 0 Å². The van der Waals surface area contributed by atoms with Crippen molar-refractivity contribution in [1.82, 2.24) is 9.88 Å². The highest BCUT2D eigenvalue weighted by atomic mass is 16.5. The molecule has 1 aromatic heterocycles. The Morgan fingerprint density at radius 3 is 2.95 bits per heavy atom. The highest BCUT2D eigenvalue weighted by Crippen LogP contribution is 2.21. The van der Waals surface area contributed by atoms with Crippen molar-refractivity contribution < 1.29 is 14.6 Å². The molecule has 1 saturated heterocycles. The maximum absolute atomic E-state index is 11.2. The van der Waals surface area contributed by atoms with E-state index in [1.54, 1.807) is 6.92 Å². The van der Waals surface area contributed by atoms with Gasteiger partial charge in [-0.25, -0.2) is 4.79 Å². The lowest BCUT2D eigenvalue weighted by Gasteiger charge is -2.25. The number of aryl methyl sites for hydroxylation is 1. The molecule has 0 bridgehead atoms. The summed E-state index contributed by atoms with van der Waals surface area (Å²) in [4.78, 5) is 18.2. The molecule has 5 nitrogen and oxygen atoms in total. The second-order valence-electron chi connectivity index (χ2n) is 5.59. The summed E-state index contributed by atoms with van der Waals surface area (Å²) in [6.45, 7) is 5.40. The van der Waals surface area contributed by atoms with Crippen molar-refractivity contribution in [3.8, 4) is 0 Å². The van der Waals surface area contributed by atoms with Crippen LogP contribution in [-0.2, 0) is 17.6 Å². The SMILES string of the molecule is Cc1nc2c(cc1C(=O)O)CCN([C@H]1CCOC1)CC2. The number of nitrogens with zero attached hydrogens (tertiary/aromatic N) is 2. The van der Waals surface area contributed by atoms with Gasteiger partial charge in [0.1, 0.15) is 0 Å². The van der Waals surface area contributed by atoms with E-state index in [-0.39, 0.29) is 0 Å². The number of carbonyl (C=O) groups is 1. The predicted octanol–water partition coefficient (Wildman–Crippen LogP) is 1.28. The van der Waals surface area contributed by atoms with Gasteiger partial charge in [-0.15, -0.1) is 0 Å². The van der Waals surface area contributed by atoms with Crippen LogP contribution in [-0.4, -0.2) is 53.3 Å². The Bertz CT molecular complexity index is 524. The molecule has 0 radical (unpaired) electrons. The minimum atomic E-state index is -0.886. The summed E-state index contributed by atoms with van der Waals surface area (Å²) in [5.74, 6) is -0.886. The molecule has 1 atom stereocenters. The lowest BCUT2D eigenvalue weighted by Crippen LogP contribution is -2.37. The Balaban J connectivity index is 1.81. The zero-order chi connectivity index (χ0) is 14.1. The number of carboxylic acids is 1. The first kappa shape index (κ1) is 13.5. The lowest BCUT2D eigenvalue weighted by atomic mass is 10.0. The molecule has 108 valence electrons. The van der Waals surface area contributed by atoms with E-state index in [0.29, 0.717) is 17.3 Å². The number of aromatic carboxylic acids is 1. The van der Waals surface area contributed by atoms with E-state index < -0.39 is 5.97 Å². The molecule has 1 aromatic rings. The first-order chi connectivity index (χ1) is 9.65. The van der Waals surface area contributed by atoms with Gasteiger partial charge in [0.15, 0.2) is 0 Å². The van der Waals surface area contributed by atoms with E-state index in [1.807, 2.05) is 6.07 Å². The Hall–Kier alpha value is -1.46. The highest BCUT2D eigenvalue weighted by molar-refractivity contribution is 5.89. The van der Waals surface area contributed by atoms with Gasteiger partial charge in [-0.1, -0.05) is 0 Å². The van der Waals surface area contributed by atoms with Gasteiger partial charge in [-0.2, -0.15) is 0 Å². The Labute approximate surface area is 118 Å². The van der Waals surface area contributed by atoms with Crippen molar-refractivity contribution in [2.45, 2.75) is 32.2 Å². The van der Waals surface area contributed by atoms with Crippen molar-refractivity contribution in [1.29, 1.82) is 0 Å². The summed E-state index contributed by atoms with van der Waals surface area (Å²) in [7, 11) is 0. The molecule has 5 heteroatoms. The molecule has 0 spiro atoms. The van der Waals surface area contributed by atoms with Gasteiger partial charge < -0.3 is 9.84 Å². The van der Waals surface area contributed by atoms with Gasteiger partial charge in [0.2, 0.25) is 0 Å². The molecule has 20 heavy (non-hydrogen) atoms. The average molecular weight is 276 g/mol. The first-order valence-electron chi connectivity index (χ1n) is 7.19. The molecule has 3 rings (SSSR count).